The second kappa shape index (κ2) is 8.27. The van der Waals surface area contributed by atoms with E-state index < -0.39 is 0 Å². The van der Waals surface area contributed by atoms with Gasteiger partial charge in [0.1, 0.15) is 23.2 Å². The summed E-state index contributed by atoms with van der Waals surface area (Å²) in [4.78, 5) is 27.3. The van der Waals surface area contributed by atoms with Crippen LogP contribution in [0.25, 0.3) is 6.08 Å². The number of rotatable bonds is 4. The predicted octanol–water partition coefficient (Wildman–Crippen LogP) is 3.59. The van der Waals surface area contributed by atoms with E-state index in [2.05, 4.69) is 38.6 Å². The average Bonchev–Trinajstić information content (AvgIpc) is 3.35. The fourth-order valence-corrected chi connectivity index (χ4v) is 4.24. The Kier molecular flexibility index (Phi) is 5.30. The summed E-state index contributed by atoms with van der Waals surface area (Å²) in [5, 5.41) is 6.59. The van der Waals surface area contributed by atoms with Crippen LogP contribution in [0.3, 0.4) is 0 Å². The minimum atomic E-state index is -0.0469. The van der Waals surface area contributed by atoms with Crippen LogP contribution in [-0.4, -0.2) is 47.9 Å². The molecular formula is C23H23ClN6O2. The van der Waals surface area contributed by atoms with Crippen molar-refractivity contribution in [1.82, 2.24) is 15.3 Å². The lowest BCUT2D eigenvalue weighted by Gasteiger charge is -2.28. The first-order valence-electron chi connectivity index (χ1n) is 10.5. The molecule has 1 aromatic heterocycles. The number of aromatic nitrogens is 2. The van der Waals surface area contributed by atoms with Crippen LogP contribution in [-0.2, 0) is 11.2 Å². The fourth-order valence-electron chi connectivity index (χ4n) is 3.96. The van der Waals surface area contributed by atoms with Crippen molar-refractivity contribution >= 4 is 41.1 Å². The van der Waals surface area contributed by atoms with Gasteiger partial charge in [0.25, 0.3) is 0 Å². The van der Waals surface area contributed by atoms with Crippen LogP contribution >= 0.6 is 11.6 Å². The largest absolute Gasteiger partial charge is 0.423 e. The van der Waals surface area contributed by atoms with Gasteiger partial charge in [-0.3, -0.25) is 9.79 Å². The Labute approximate surface area is 191 Å². The van der Waals surface area contributed by atoms with E-state index in [4.69, 9.17) is 16.3 Å². The smallest absolute Gasteiger partial charge is 0.325 e. The Hall–Kier alpha value is -3.39. The first-order chi connectivity index (χ1) is 15.4. The molecule has 164 valence electrons. The molecule has 2 aliphatic heterocycles. The lowest BCUT2D eigenvalue weighted by Crippen LogP contribution is -2.48. The van der Waals surface area contributed by atoms with Gasteiger partial charge in [0.15, 0.2) is 0 Å². The van der Waals surface area contributed by atoms with Crippen molar-refractivity contribution in [3.05, 3.63) is 51.6 Å². The second-order valence-electron chi connectivity index (χ2n) is 8.20. The zero-order chi connectivity index (χ0) is 22.2. The molecule has 0 atom stereocenters. The molecule has 1 aliphatic carbocycles. The number of benzene rings is 1. The monoisotopic (exact) mass is 450 g/mol. The maximum atomic E-state index is 11.9. The molecule has 0 saturated carbocycles. The Bertz CT molecular complexity index is 1200. The van der Waals surface area contributed by atoms with Crippen LogP contribution in [0.5, 0.6) is 11.8 Å². The number of allylic oxidation sites excluding steroid dienone is 1. The maximum absolute atomic E-state index is 11.9. The molecule has 0 radical (unpaired) electrons. The lowest BCUT2D eigenvalue weighted by atomic mass is 10.1. The molecule has 2 aromatic rings. The molecule has 9 heteroatoms. The Morgan fingerprint density at radius 3 is 2.84 bits per heavy atom. The number of fused-ring (bicyclic) bond motifs is 1. The summed E-state index contributed by atoms with van der Waals surface area (Å²) in [7, 11) is 0. The van der Waals surface area contributed by atoms with Gasteiger partial charge in [-0.15, -0.1) is 0 Å². The topological polar surface area (TPSA) is 91.7 Å². The van der Waals surface area contributed by atoms with E-state index in [1.165, 1.54) is 16.7 Å². The summed E-state index contributed by atoms with van der Waals surface area (Å²) >= 11 is 6.64. The van der Waals surface area contributed by atoms with Crippen LogP contribution < -0.4 is 20.3 Å². The molecule has 0 bridgehead atoms. The summed E-state index contributed by atoms with van der Waals surface area (Å²) in [6.45, 7) is 6.19. The minimum Gasteiger partial charge on any atom is -0.423 e. The van der Waals surface area contributed by atoms with Crippen LogP contribution in [0.4, 0.5) is 11.6 Å². The van der Waals surface area contributed by atoms with Gasteiger partial charge in [-0.1, -0.05) is 29.3 Å². The molecule has 1 fully saturated rings. The van der Waals surface area contributed by atoms with Crippen molar-refractivity contribution in [2.24, 2.45) is 4.99 Å². The summed E-state index contributed by atoms with van der Waals surface area (Å²) in [6.07, 6.45) is 4.94. The van der Waals surface area contributed by atoms with E-state index in [9.17, 15) is 4.79 Å². The molecule has 3 aliphatic rings. The highest BCUT2D eigenvalue weighted by molar-refractivity contribution is 6.33. The summed E-state index contributed by atoms with van der Waals surface area (Å²) < 4.78 is 6.05. The van der Waals surface area contributed by atoms with Gasteiger partial charge in [-0.2, -0.15) is 9.97 Å². The third-order valence-corrected chi connectivity index (χ3v) is 5.88. The van der Waals surface area contributed by atoms with Gasteiger partial charge in [0, 0.05) is 24.7 Å². The van der Waals surface area contributed by atoms with E-state index in [1.807, 2.05) is 30.0 Å². The zero-order valence-electron chi connectivity index (χ0n) is 17.9. The predicted molar refractivity (Wildman–Crippen MR) is 126 cm³/mol. The van der Waals surface area contributed by atoms with Crippen LogP contribution in [0.2, 0.25) is 5.02 Å². The number of carbonyl (C=O) groups excluding carboxylic acids is 1. The van der Waals surface area contributed by atoms with Gasteiger partial charge in [-0.25, -0.2) is 0 Å². The average molecular weight is 451 g/mol. The molecule has 1 aromatic carbocycles. The molecular weight excluding hydrogens is 428 g/mol. The van der Waals surface area contributed by atoms with Gasteiger partial charge in [-0.05, 0) is 43.5 Å². The fraction of sp³-hybridized carbons (Fsp3) is 0.304. The molecule has 2 N–H and O–H groups in total. The van der Waals surface area contributed by atoms with Crippen molar-refractivity contribution in [2.45, 2.75) is 20.3 Å². The number of hydrogen-bond donors (Lipinski definition) is 2. The van der Waals surface area contributed by atoms with E-state index in [-0.39, 0.29) is 18.5 Å². The SMILES string of the molecule is CC1=CC(Nc2cc(N3CCNC(=O)C3)nc(Oc3ccc4c(c3Cl)C=C(C)C4)n2)=NC1. The first kappa shape index (κ1) is 20.5. The number of hydrogen-bond acceptors (Lipinski definition) is 7. The maximum Gasteiger partial charge on any atom is 0.325 e. The van der Waals surface area contributed by atoms with Crippen molar-refractivity contribution < 1.29 is 9.53 Å². The molecule has 0 spiro atoms. The molecule has 0 unspecified atom stereocenters. The number of piperazine rings is 1. The van der Waals surface area contributed by atoms with Gasteiger partial charge >= 0.3 is 6.01 Å². The van der Waals surface area contributed by atoms with Crippen LogP contribution in [0, 0.1) is 0 Å². The van der Waals surface area contributed by atoms with Crippen molar-refractivity contribution in [3.63, 3.8) is 0 Å². The van der Waals surface area contributed by atoms with Crippen molar-refractivity contribution in [3.8, 4) is 11.8 Å². The number of ether oxygens (including phenoxy) is 1. The molecule has 8 nitrogen and oxygen atoms in total. The third-order valence-electron chi connectivity index (χ3n) is 5.49. The highest BCUT2D eigenvalue weighted by Gasteiger charge is 2.22. The number of amidine groups is 1. The molecule has 32 heavy (non-hydrogen) atoms. The number of nitrogens with one attached hydrogen (secondary N) is 2. The molecule has 3 heterocycles. The van der Waals surface area contributed by atoms with Gasteiger partial charge < -0.3 is 20.3 Å². The number of anilines is 2. The summed E-state index contributed by atoms with van der Waals surface area (Å²) in [6, 6.07) is 5.81. The summed E-state index contributed by atoms with van der Waals surface area (Å²) in [5.74, 6) is 2.30. The first-order valence-corrected chi connectivity index (χ1v) is 10.9. The molecule has 1 saturated heterocycles. The Morgan fingerprint density at radius 2 is 2.06 bits per heavy atom. The number of amides is 1. The van der Waals surface area contributed by atoms with E-state index in [0.29, 0.717) is 42.0 Å². The van der Waals surface area contributed by atoms with E-state index >= 15 is 0 Å². The highest BCUT2D eigenvalue weighted by atomic mass is 35.5. The van der Waals surface area contributed by atoms with Crippen molar-refractivity contribution in [1.29, 1.82) is 0 Å². The molecule has 1 amide bonds. The van der Waals surface area contributed by atoms with Crippen LogP contribution in [0.1, 0.15) is 25.0 Å². The number of carbonyl (C=O) groups is 1. The standard InChI is InChI=1S/C23H23ClN6O2/c1-13-7-15-3-4-17(22(24)16(15)8-13)32-23-28-19(27-18-9-14(2)11-26-18)10-20(29-23)30-6-5-25-21(31)12-30/h3-4,8-10H,5-7,11-12H2,1-2H3,(H,25,31)(H,26,27,28,29). The van der Waals surface area contributed by atoms with E-state index in [1.54, 1.807) is 6.07 Å². The Morgan fingerprint density at radius 1 is 1.19 bits per heavy atom. The summed E-state index contributed by atoms with van der Waals surface area (Å²) in [5.41, 5.74) is 4.58. The number of aliphatic imine (C=N–C) groups is 1. The third kappa shape index (κ3) is 4.18. The number of nitrogens with zero attached hydrogens (tertiary/aromatic N) is 4. The van der Waals surface area contributed by atoms with Gasteiger partial charge in [0.2, 0.25) is 5.91 Å². The molecule has 5 rings (SSSR count). The minimum absolute atomic E-state index is 0.0469. The van der Waals surface area contributed by atoms with Crippen LogP contribution in [0.15, 0.2) is 40.4 Å². The van der Waals surface area contributed by atoms with E-state index in [0.717, 1.165) is 17.8 Å². The highest BCUT2D eigenvalue weighted by Crippen LogP contribution is 2.38. The quantitative estimate of drug-likeness (QED) is 0.739. The lowest BCUT2D eigenvalue weighted by molar-refractivity contribution is -0.120. The Balaban J connectivity index is 1.48. The number of halogens is 1. The van der Waals surface area contributed by atoms with Crippen molar-refractivity contribution in [2.75, 3.05) is 36.4 Å². The zero-order valence-corrected chi connectivity index (χ0v) is 18.7. The van der Waals surface area contributed by atoms with Gasteiger partial charge in [0.05, 0.1) is 18.1 Å². The normalized spacial score (nSPS) is 17.4. The second-order valence-corrected chi connectivity index (χ2v) is 8.58.